The van der Waals surface area contributed by atoms with E-state index in [-0.39, 0.29) is 23.0 Å². The van der Waals surface area contributed by atoms with Gasteiger partial charge < -0.3 is 10.4 Å². The maximum absolute atomic E-state index is 12.7. The second-order valence-corrected chi connectivity index (χ2v) is 7.00. The lowest BCUT2D eigenvalue weighted by molar-refractivity contribution is 0.188. The maximum atomic E-state index is 12.7. The number of hydrogen-bond acceptors (Lipinski definition) is 4. The van der Waals surface area contributed by atoms with Crippen molar-refractivity contribution in [2.45, 2.75) is 30.2 Å². The average Bonchev–Trinajstić information content (AvgIpc) is 2.72. The second-order valence-electron chi connectivity index (χ2n) is 5.09. The normalized spacial score (nSPS) is 19.9. The Balaban J connectivity index is 2.20. The monoisotopic (exact) mass is 323 g/mol. The summed E-state index contributed by atoms with van der Waals surface area (Å²) < 4.78 is 26.7. The molecule has 22 heavy (non-hydrogen) atoms. The summed E-state index contributed by atoms with van der Waals surface area (Å²) in [6.45, 7) is 0.549. The summed E-state index contributed by atoms with van der Waals surface area (Å²) in [6.07, 6.45) is 0.480. The fourth-order valence-electron chi connectivity index (χ4n) is 2.55. The number of carboxylic acid groups (broad SMARTS) is 1. The molecule has 0 aliphatic carbocycles. The summed E-state index contributed by atoms with van der Waals surface area (Å²) >= 11 is 0. The molecule has 1 aliphatic heterocycles. The van der Waals surface area contributed by atoms with Crippen LogP contribution in [-0.2, 0) is 10.0 Å². The first kappa shape index (κ1) is 16.3. The van der Waals surface area contributed by atoms with Crippen molar-refractivity contribution < 1.29 is 18.3 Å². The molecular formula is C14H17N3O4S. The number of carbonyl (C=O) groups is 1. The number of nitrogens with zero attached hydrogens (tertiary/aromatic N) is 2. The van der Waals surface area contributed by atoms with Crippen molar-refractivity contribution >= 4 is 16.1 Å². The third kappa shape index (κ3) is 3.55. The van der Waals surface area contributed by atoms with Crippen molar-refractivity contribution in [1.29, 1.82) is 5.26 Å². The summed E-state index contributed by atoms with van der Waals surface area (Å²) in [5.41, 5.74) is 0.118. The average molecular weight is 323 g/mol. The van der Waals surface area contributed by atoms with Gasteiger partial charge in [0.15, 0.2) is 0 Å². The molecule has 1 heterocycles. The molecule has 0 spiro atoms. The van der Waals surface area contributed by atoms with E-state index in [9.17, 15) is 13.2 Å². The van der Waals surface area contributed by atoms with Gasteiger partial charge >= 0.3 is 6.09 Å². The highest BCUT2D eigenvalue weighted by atomic mass is 32.2. The minimum atomic E-state index is -3.74. The third-order valence-electron chi connectivity index (χ3n) is 3.64. The van der Waals surface area contributed by atoms with Crippen LogP contribution < -0.4 is 5.32 Å². The lowest BCUT2D eigenvalue weighted by atomic mass is 10.1. The summed E-state index contributed by atoms with van der Waals surface area (Å²) in [4.78, 5) is 10.7. The standard InChI is InChI=1S/C14H17N3O4S/c15-10-11-4-1-2-6-13(11)22(20,21)17-8-3-5-12(7-9-17)16-14(18)19/h1-2,4,6,12,16H,3,5,7-9H2,(H,18,19). The highest BCUT2D eigenvalue weighted by Crippen LogP contribution is 2.23. The Morgan fingerprint density at radius 2 is 2.05 bits per heavy atom. The smallest absolute Gasteiger partial charge is 0.404 e. The molecule has 2 rings (SSSR count). The Kier molecular flexibility index (Phi) is 5.00. The van der Waals surface area contributed by atoms with Crippen molar-refractivity contribution in [3.8, 4) is 6.07 Å². The van der Waals surface area contributed by atoms with E-state index in [0.717, 1.165) is 0 Å². The van der Waals surface area contributed by atoms with Crippen molar-refractivity contribution in [3.63, 3.8) is 0 Å². The van der Waals surface area contributed by atoms with E-state index < -0.39 is 16.1 Å². The molecule has 0 saturated carbocycles. The Bertz CT molecular complexity index is 696. The quantitative estimate of drug-likeness (QED) is 0.873. The van der Waals surface area contributed by atoms with Crippen LogP contribution in [-0.4, -0.2) is 43.1 Å². The van der Waals surface area contributed by atoms with Gasteiger partial charge in [-0.05, 0) is 31.4 Å². The molecule has 1 amide bonds. The first-order chi connectivity index (χ1) is 10.4. The van der Waals surface area contributed by atoms with Crippen LogP contribution in [0.15, 0.2) is 29.2 Å². The largest absolute Gasteiger partial charge is 0.465 e. The van der Waals surface area contributed by atoms with Crippen LogP contribution >= 0.6 is 0 Å². The highest BCUT2D eigenvalue weighted by molar-refractivity contribution is 7.89. The molecule has 7 nitrogen and oxygen atoms in total. The number of nitriles is 1. The zero-order valence-corrected chi connectivity index (χ0v) is 12.7. The summed E-state index contributed by atoms with van der Waals surface area (Å²) in [6, 6.07) is 7.74. The predicted molar refractivity (Wildman–Crippen MR) is 78.7 cm³/mol. The van der Waals surface area contributed by atoms with Gasteiger partial charge in [0.25, 0.3) is 0 Å². The first-order valence-corrected chi connectivity index (χ1v) is 8.38. The molecular weight excluding hydrogens is 306 g/mol. The topological polar surface area (TPSA) is 111 Å². The number of nitrogens with one attached hydrogen (secondary N) is 1. The van der Waals surface area contributed by atoms with Gasteiger partial charge in [0.1, 0.15) is 6.07 Å². The minimum Gasteiger partial charge on any atom is -0.465 e. The lowest BCUT2D eigenvalue weighted by Gasteiger charge is -2.20. The molecule has 0 radical (unpaired) electrons. The van der Waals surface area contributed by atoms with Crippen LogP contribution in [0.3, 0.4) is 0 Å². The van der Waals surface area contributed by atoms with Gasteiger partial charge in [-0.2, -0.15) is 9.57 Å². The van der Waals surface area contributed by atoms with E-state index in [1.807, 2.05) is 6.07 Å². The van der Waals surface area contributed by atoms with Gasteiger partial charge in [0.2, 0.25) is 10.0 Å². The molecule has 2 N–H and O–H groups in total. The van der Waals surface area contributed by atoms with Crippen LogP contribution in [0.1, 0.15) is 24.8 Å². The Morgan fingerprint density at radius 3 is 2.73 bits per heavy atom. The number of hydrogen-bond donors (Lipinski definition) is 2. The number of sulfonamides is 1. The molecule has 118 valence electrons. The minimum absolute atomic E-state index is 0.00198. The summed E-state index contributed by atoms with van der Waals surface area (Å²) in [7, 11) is -3.74. The van der Waals surface area contributed by atoms with Crippen LogP contribution in [0.2, 0.25) is 0 Å². The zero-order valence-electron chi connectivity index (χ0n) is 11.9. The van der Waals surface area contributed by atoms with Crippen LogP contribution in [0.25, 0.3) is 0 Å². The Morgan fingerprint density at radius 1 is 1.32 bits per heavy atom. The van der Waals surface area contributed by atoms with Gasteiger partial charge in [-0.3, -0.25) is 0 Å². The van der Waals surface area contributed by atoms with Crippen molar-refractivity contribution in [1.82, 2.24) is 9.62 Å². The van der Waals surface area contributed by atoms with Gasteiger partial charge in [0.05, 0.1) is 10.5 Å². The molecule has 1 aromatic rings. The Hall–Kier alpha value is -2.11. The molecule has 1 unspecified atom stereocenters. The van der Waals surface area contributed by atoms with Crippen molar-refractivity contribution in [2.24, 2.45) is 0 Å². The molecule has 1 saturated heterocycles. The molecule has 1 aliphatic rings. The molecule has 0 bridgehead atoms. The van der Waals surface area contributed by atoms with Crippen molar-refractivity contribution in [2.75, 3.05) is 13.1 Å². The number of amides is 1. The van der Waals surface area contributed by atoms with E-state index in [1.165, 1.54) is 16.4 Å². The highest BCUT2D eigenvalue weighted by Gasteiger charge is 2.29. The van der Waals surface area contributed by atoms with Crippen LogP contribution in [0.4, 0.5) is 4.79 Å². The number of benzene rings is 1. The van der Waals surface area contributed by atoms with Crippen molar-refractivity contribution in [3.05, 3.63) is 29.8 Å². The second kappa shape index (κ2) is 6.77. The molecule has 8 heteroatoms. The molecule has 1 atom stereocenters. The molecule has 1 aromatic carbocycles. The lowest BCUT2D eigenvalue weighted by Crippen LogP contribution is -2.36. The molecule has 1 fully saturated rings. The fraction of sp³-hybridized carbons (Fsp3) is 0.429. The van der Waals surface area contributed by atoms with Gasteiger partial charge in [-0.1, -0.05) is 12.1 Å². The fourth-order valence-corrected chi connectivity index (χ4v) is 4.19. The SMILES string of the molecule is N#Cc1ccccc1S(=O)(=O)N1CCCC(NC(=O)O)CC1. The van der Waals surface area contributed by atoms with E-state index in [0.29, 0.717) is 25.8 Å². The van der Waals surface area contributed by atoms with Gasteiger partial charge in [-0.25, -0.2) is 13.2 Å². The van der Waals surface area contributed by atoms with E-state index in [1.54, 1.807) is 12.1 Å². The first-order valence-electron chi connectivity index (χ1n) is 6.94. The van der Waals surface area contributed by atoms with E-state index in [2.05, 4.69) is 5.32 Å². The van der Waals surface area contributed by atoms with E-state index in [4.69, 9.17) is 10.4 Å². The zero-order chi connectivity index (χ0) is 16.2. The summed E-state index contributed by atoms with van der Waals surface area (Å²) in [5, 5.41) is 20.2. The van der Waals surface area contributed by atoms with Gasteiger partial charge in [0, 0.05) is 19.1 Å². The van der Waals surface area contributed by atoms with Crippen LogP contribution in [0.5, 0.6) is 0 Å². The third-order valence-corrected chi connectivity index (χ3v) is 5.60. The predicted octanol–water partition coefficient (Wildman–Crippen LogP) is 1.37. The van der Waals surface area contributed by atoms with Gasteiger partial charge in [-0.15, -0.1) is 0 Å². The van der Waals surface area contributed by atoms with Crippen LogP contribution in [0, 0.1) is 11.3 Å². The molecule has 0 aromatic heterocycles. The van der Waals surface area contributed by atoms with E-state index >= 15 is 0 Å². The maximum Gasteiger partial charge on any atom is 0.404 e. The number of rotatable bonds is 3. The Labute approximate surface area is 129 Å². The summed E-state index contributed by atoms with van der Waals surface area (Å²) in [5.74, 6) is 0.